The van der Waals surface area contributed by atoms with Crippen molar-refractivity contribution in [2.45, 2.75) is 32.4 Å². The lowest BCUT2D eigenvalue weighted by molar-refractivity contribution is 0.599. The summed E-state index contributed by atoms with van der Waals surface area (Å²) in [4.78, 5) is 13.6. The summed E-state index contributed by atoms with van der Waals surface area (Å²) in [7, 11) is -2.92. The van der Waals surface area contributed by atoms with E-state index >= 15 is 0 Å². The zero-order valence-corrected chi connectivity index (χ0v) is 15.8. The maximum Gasteiger partial charge on any atom is 0.227 e. The van der Waals surface area contributed by atoms with Crippen molar-refractivity contribution in [2.75, 3.05) is 34.4 Å². The van der Waals surface area contributed by atoms with Crippen LogP contribution in [0.3, 0.4) is 0 Å². The topological polar surface area (TPSA) is 66.4 Å². The third-order valence-electron chi connectivity index (χ3n) is 5.33. The van der Waals surface area contributed by atoms with E-state index in [0.29, 0.717) is 6.42 Å². The van der Waals surface area contributed by atoms with Gasteiger partial charge in [0.25, 0.3) is 0 Å². The molecule has 0 N–H and O–H groups in total. The molecule has 7 heteroatoms. The Morgan fingerprint density at radius 2 is 2.04 bits per heavy atom. The van der Waals surface area contributed by atoms with Crippen LogP contribution in [0.2, 0.25) is 0 Å². The van der Waals surface area contributed by atoms with Gasteiger partial charge in [-0.1, -0.05) is 24.3 Å². The molecule has 2 aliphatic rings. The van der Waals surface area contributed by atoms with Gasteiger partial charge in [0.15, 0.2) is 9.84 Å². The van der Waals surface area contributed by atoms with Crippen molar-refractivity contribution in [1.82, 2.24) is 9.97 Å². The number of nitrogens with zero attached hydrogens (tertiary/aromatic N) is 4. The van der Waals surface area contributed by atoms with E-state index in [2.05, 4.69) is 39.0 Å². The molecule has 3 heterocycles. The molecule has 138 valence electrons. The van der Waals surface area contributed by atoms with Crippen LogP contribution in [0.5, 0.6) is 0 Å². The Labute approximate surface area is 154 Å². The maximum absolute atomic E-state index is 11.9. The summed E-state index contributed by atoms with van der Waals surface area (Å²) >= 11 is 0. The summed E-state index contributed by atoms with van der Waals surface area (Å²) in [6.07, 6.45) is 3.44. The molecule has 0 bridgehead atoms. The molecule has 26 heavy (non-hydrogen) atoms. The van der Waals surface area contributed by atoms with Gasteiger partial charge in [0.05, 0.1) is 11.5 Å². The lowest BCUT2D eigenvalue weighted by Gasteiger charge is -2.31. The predicted molar refractivity (Wildman–Crippen MR) is 103 cm³/mol. The quantitative estimate of drug-likeness (QED) is 0.818. The van der Waals surface area contributed by atoms with Crippen molar-refractivity contribution in [3.05, 3.63) is 47.7 Å². The van der Waals surface area contributed by atoms with E-state index in [1.165, 1.54) is 11.1 Å². The van der Waals surface area contributed by atoms with E-state index in [-0.39, 0.29) is 17.5 Å². The van der Waals surface area contributed by atoms with E-state index < -0.39 is 9.84 Å². The van der Waals surface area contributed by atoms with Crippen molar-refractivity contribution in [1.29, 1.82) is 0 Å². The Hall–Kier alpha value is -2.15. The standard InChI is InChI=1S/C19H24N4O2S/c1-2-23(17-9-12-26(24,25)14-17)18-7-10-20-19(21-18)22-11-8-15-5-3-4-6-16(15)13-22/h3-7,10,17H,2,8-9,11-14H2,1H3. The number of fused-ring (bicyclic) bond motifs is 1. The summed E-state index contributed by atoms with van der Waals surface area (Å²) < 4.78 is 23.7. The van der Waals surface area contributed by atoms with E-state index in [1.807, 2.05) is 13.0 Å². The Bertz CT molecular complexity index is 900. The highest BCUT2D eigenvalue weighted by molar-refractivity contribution is 7.91. The molecule has 1 saturated heterocycles. The van der Waals surface area contributed by atoms with Crippen LogP contribution >= 0.6 is 0 Å². The predicted octanol–water partition coefficient (Wildman–Crippen LogP) is 2.05. The highest BCUT2D eigenvalue weighted by Crippen LogP contribution is 2.26. The van der Waals surface area contributed by atoms with Crippen LogP contribution in [-0.2, 0) is 22.8 Å². The van der Waals surface area contributed by atoms with Crippen LogP contribution < -0.4 is 9.80 Å². The van der Waals surface area contributed by atoms with Crippen LogP contribution in [0.1, 0.15) is 24.5 Å². The second kappa shape index (κ2) is 6.87. The molecule has 2 aliphatic heterocycles. The maximum atomic E-state index is 11.9. The van der Waals surface area contributed by atoms with Gasteiger partial charge in [-0.05, 0) is 37.0 Å². The van der Waals surface area contributed by atoms with Crippen LogP contribution in [0, 0.1) is 0 Å². The molecule has 1 aromatic heterocycles. The first-order valence-electron chi connectivity index (χ1n) is 9.17. The normalized spacial score (nSPS) is 21.4. The molecule has 0 saturated carbocycles. The minimum atomic E-state index is -2.92. The van der Waals surface area contributed by atoms with E-state index in [1.54, 1.807) is 6.20 Å². The van der Waals surface area contributed by atoms with Gasteiger partial charge < -0.3 is 9.80 Å². The molecule has 4 rings (SSSR count). The van der Waals surface area contributed by atoms with Crippen molar-refractivity contribution < 1.29 is 8.42 Å². The van der Waals surface area contributed by atoms with Crippen LogP contribution in [0.25, 0.3) is 0 Å². The molecule has 0 aliphatic carbocycles. The van der Waals surface area contributed by atoms with Gasteiger partial charge in [-0.15, -0.1) is 0 Å². The fourth-order valence-corrected chi connectivity index (χ4v) is 5.68. The van der Waals surface area contributed by atoms with Gasteiger partial charge in [0, 0.05) is 31.9 Å². The summed E-state index contributed by atoms with van der Waals surface area (Å²) in [5.74, 6) is 2.03. The van der Waals surface area contributed by atoms with E-state index in [4.69, 9.17) is 4.98 Å². The highest BCUT2D eigenvalue weighted by Gasteiger charge is 2.32. The highest BCUT2D eigenvalue weighted by atomic mass is 32.2. The monoisotopic (exact) mass is 372 g/mol. The molecular formula is C19H24N4O2S. The minimum Gasteiger partial charge on any atom is -0.353 e. The molecule has 1 aromatic carbocycles. The fourth-order valence-electron chi connectivity index (χ4n) is 3.95. The smallest absolute Gasteiger partial charge is 0.227 e. The molecule has 0 radical (unpaired) electrons. The average molecular weight is 372 g/mol. The van der Waals surface area contributed by atoms with Crippen LogP contribution in [0.4, 0.5) is 11.8 Å². The van der Waals surface area contributed by atoms with E-state index in [9.17, 15) is 8.42 Å². The molecule has 0 spiro atoms. The molecular weight excluding hydrogens is 348 g/mol. The zero-order chi connectivity index (χ0) is 18.1. The second-order valence-corrected chi connectivity index (χ2v) is 9.23. The van der Waals surface area contributed by atoms with Crippen molar-refractivity contribution >= 4 is 21.6 Å². The van der Waals surface area contributed by atoms with Gasteiger partial charge in [0.2, 0.25) is 5.95 Å². The molecule has 0 amide bonds. The number of hydrogen-bond acceptors (Lipinski definition) is 6. The van der Waals surface area contributed by atoms with E-state index in [0.717, 1.165) is 37.8 Å². The van der Waals surface area contributed by atoms with Gasteiger partial charge in [-0.2, -0.15) is 4.98 Å². The Morgan fingerprint density at radius 1 is 1.23 bits per heavy atom. The van der Waals surface area contributed by atoms with Gasteiger partial charge >= 0.3 is 0 Å². The van der Waals surface area contributed by atoms with Crippen LogP contribution in [0.15, 0.2) is 36.5 Å². The fraction of sp³-hybridized carbons (Fsp3) is 0.474. The average Bonchev–Trinajstić information content (AvgIpc) is 3.02. The Morgan fingerprint density at radius 3 is 2.77 bits per heavy atom. The molecule has 6 nitrogen and oxygen atoms in total. The van der Waals surface area contributed by atoms with Gasteiger partial charge in [-0.3, -0.25) is 0 Å². The first kappa shape index (κ1) is 17.3. The summed E-state index contributed by atoms with van der Waals surface area (Å²) in [5.41, 5.74) is 2.72. The summed E-state index contributed by atoms with van der Waals surface area (Å²) in [6.45, 7) is 4.48. The number of rotatable bonds is 4. The first-order chi connectivity index (χ1) is 12.6. The third-order valence-corrected chi connectivity index (χ3v) is 7.08. The van der Waals surface area contributed by atoms with Crippen LogP contribution in [-0.4, -0.2) is 49.0 Å². The van der Waals surface area contributed by atoms with Crippen molar-refractivity contribution in [3.8, 4) is 0 Å². The molecule has 1 fully saturated rings. The lowest BCUT2D eigenvalue weighted by Crippen LogP contribution is -2.37. The number of aromatic nitrogens is 2. The second-order valence-electron chi connectivity index (χ2n) is 7.00. The number of benzene rings is 1. The SMILES string of the molecule is CCN(c1ccnc(N2CCc3ccccc3C2)n1)C1CCS(=O)(=O)C1. The van der Waals surface area contributed by atoms with Crippen molar-refractivity contribution in [2.24, 2.45) is 0 Å². The molecule has 1 unspecified atom stereocenters. The van der Waals surface area contributed by atoms with Gasteiger partial charge in [-0.25, -0.2) is 13.4 Å². The number of sulfone groups is 1. The third kappa shape index (κ3) is 3.40. The number of hydrogen-bond donors (Lipinski definition) is 0. The number of anilines is 2. The molecule has 1 atom stereocenters. The summed E-state index contributed by atoms with van der Waals surface area (Å²) in [6, 6.07) is 10.4. The van der Waals surface area contributed by atoms with Gasteiger partial charge in [0.1, 0.15) is 5.82 Å². The summed E-state index contributed by atoms with van der Waals surface area (Å²) in [5, 5.41) is 0. The Kier molecular flexibility index (Phi) is 4.56. The lowest BCUT2D eigenvalue weighted by atomic mass is 10.0. The minimum absolute atomic E-state index is 0.00910. The zero-order valence-electron chi connectivity index (χ0n) is 15.0. The van der Waals surface area contributed by atoms with Crippen molar-refractivity contribution in [3.63, 3.8) is 0 Å². The largest absolute Gasteiger partial charge is 0.353 e. The Balaban J connectivity index is 1.57. The molecule has 2 aromatic rings. The first-order valence-corrected chi connectivity index (χ1v) is 11.0.